The van der Waals surface area contributed by atoms with Crippen LogP contribution in [-0.2, 0) is 4.74 Å². The smallest absolute Gasteiger partial charge is 0.123 e. The molecule has 1 fully saturated rings. The van der Waals surface area contributed by atoms with E-state index in [4.69, 9.17) is 4.74 Å². The third-order valence-corrected chi connectivity index (χ3v) is 3.76. The summed E-state index contributed by atoms with van der Waals surface area (Å²) < 4.78 is 20.2. The Bertz CT molecular complexity index is 672. The van der Waals surface area contributed by atoms with Crippen LogP contribution in [0.1, 0.15) is 17.0 Å². The van der Waals surface area contributed by atoms with Gasteiger partial charge in [0.2, 0.25) is 0 Å². The van der Waals surface area contributed by atoms with E-state index in [1.807, 2.05) is 29.8 Å². The van der Waals surface area contributed by atoms with Crippen LogP contribution in [0.3, 0.4) is 0 Å². The molecule has 0 atom stereocenters. The van der Waals surface area contributed by atoms with Crippen molar-refractivity contribution in [1.82, 2.24) is 14.8 Å². The molecule has 0 saturated carbocycles. The van der Waals surface area contributed by atoms with Gasteiger partial charge in [0, 0.05) is 5.56 Å². The van der Waals surface area contributed by atoms with Crippen LogP contribution < -0.4 is 0 Å². The van der Waals surface area contributed by atoms with Gasteiger partial charge < -0.3 is 4.74 Å². The summed E-state index contributed by atoms with van der Waals surface area (Å²) in [5.74, 6) is -0.251. The summed E-state index contributed by atoms with van der Waals surface area (Å²) in [7, 11) is 0. The van der Waals surface area contributed by atoms with Crippen LogP contribution in [0.25, 0.3) is 5.69 Å². The highest BCUT2D eigenvalue weighted by Gasteiger charge is 2.12. The molecule has 0 aliphatic carbocycles. The Kier molecular flexibility index (Phi) is 4.20. The molecular weight excluding hydrogens is 283 g/mol. The molecule has 1 aliphatic rings. The van der Waals surface area contributed by atoms with Gasteiger partial charge in [0.25, 0.3) is 0 Å². The number of morpholine rings is 1. The summed E-state index contributed by atoms with van der Waals surface area (Å²) in [6.45, 7) is 6.98. The van der Waals surface area contributed by atoms with Crippen LogP contribution in [0.5, 0.6) is 0 Å². The first-order chi connectivity index (χ1) is 10.6. The maximum atomic E-state index is 13.0. The van der Waals surface area contributed by atoms with Crippen LogP contribution in [0.4, 0.5) is 4.39 Å². The van der Waals surface area contributed by atoms with Crippen molar-refractivity contribution in [3.05, 3.63) is 47.0 Å². The number of ether oxygens (including phenoxy) is 1. The maximum absolute atomic E-state index is 13.0. The lowest BCUT2D eigenvalue weighted by Gasteiger charge is -2.23. The number of nitrogens with zero attached hydrogens (tertiary/aromatic N) is 4. The Labute approximate surface area is 129 Å². The van der Waals surface area contributed by atoms with Crippen molar-refractivity contribution in [2.24, 2.45) is 5.10 Å². The Balaban J connectivity index is 1.86. The fourth-order valence-electron chi connectivity index (χ4n) is 2.48. The minimum atomic E-state index is -0.251. The van der Waals surface area contributed by atoms with Crippen LogP contribution >= 0.6 is 0 Å². The lowest BCUT2D eigenvalue weighted by atomic mass is 10.2. The Hall–Kier alpha value is -2.21. The second-order valence-electron chi connectivity index (χ2n) is 5.28. The molecule has 3 rings (SSSR count). The Morgan fingerprint density at radius 2 is 1.86 bits per heavy atom. The van der Waals surface area contributed by atoms with Crippen molar-refractivity contribution in [2.45, 2.75) is 13.8 Å². The molecule has 1 aromatic carbocycles. The van der Waals surface area contributed by atoms with Gasteiger partial charge in [-0.3, -0.25) is 5.01 Å². The fraction of sp³-hybridized carbons (Fsp3) is 0.375. The molecule has 0 bridgehead atoms. The third kappa shape index (κ3) is 3.01. The summed E-state index contributed by atoms with van der Waals surface area (Å²) in [5, 5.41) is 11.0. The number of hydrazone groups is 1. The number of rotatable bonds is 3. The van der Waals surface area contributed by atoms with Crippen molar-refractivity contribution in [3.8, 4) is 5.69 Å². The van der Waals surface area contributed by atoms with E-state index in [1.165, 1.54) is 12.1 Å². The zero-order valence-corrected chi connectivity index (χ0v) is 12.8. The van der Waals surface area contributed by atoms with Crippen LogP contribution in [0.2, 0.25) is 0 Å². The second-order valence-corrected chi connectivity index (χ2v) is 5.28. The number of hydrogen-bond donors (Lipinski definition) is 0. The molecule has 5 nitrogen and oxygen atoms in total. The number of benzene rings is 1. The molecule has 0 unspecified atom stereocenters. The third-order valence-electron chi connectivity index (χ3n) is 3.76. The second kappa shape index (κ2) is 6.27. The van der Waals surface area contributed by atoms with Gasteiger partial charge in [0.1, 0.15) is 5.82 Å². The largest absolute Gasteiger partial charge is 0.378 e. The van der Waals surface area contributed by atoms with Crippen molar-refractivity contribution < 1.29 is 9.13 Å². The summed E-state index contributed by atoms with van der Waals surface area (Å²) >= 11 is 0. The highest BCUT2D eigenvalue weighted by molar-refractivity contribution is 5.82. The standard InChI is InChI=1S/C16H19FN4O/c1-12-16(11-18-20-7-9-22-10-8-20)13(2)21(19-12)15-5-3-14(17)4-6-15/h3-6,11H,7-10H2,1-2H3/b18-11+. The minimum absolute atomic E-state index is 0.251. The molecular formula is C16H19FN4O. The highest BCUT2D eigenvalue weighted by Crippen LogP contribution is 2.17. The number of aryl methyl sites for hydroxylation is 1. The van der Waals surface area contributed by atoms with E-state index in [9.17, 15) is 4.39 Å². The van der Waals surface area contributed by atoms with Gasteiger partial charge in [-0.1, -0.05) is 0 Å². The van der Waals surface area contributed by atoms with Crippen LogP contribution in [-0.4, -0.2) is 47.3 Å². The average Bonchev–Trinajstić information content (AvgIpc) is 2.82. The molecule has 116 valence electrons. The molecule has 0 radical (unpaired) electrons. The molecule has 1 aromatic heterocycles. The highest BCUT2D eigenvalue weighted by atomic mass is 19.1. The topological polar surface area (TPSA) is 42.7 Å². The van der Waals surface area contributed by atoms with Crippen molar-refractivity contribution in [3.63, 3.8) is 0 Å². The zero-order valence-electron chi connectivity index (χ0n) is 12.8. The lowest BCUT2D eigenvalue weighted by Crippen LogP contribution is -2.32. The summed E-state index contributed by atoms with van der Waals surface area (Å²) in [4.78, 5) is 0. The monoisotopic (exact) mass is 302 g/mol. The molecule has 0 spiro atoms. The first-order valence-corrected chi connectivity index (χ1v) is 7.34. The Morgan fingerprint density at radius 3 is 2.55 bits per heavy atom. The van der Waals surface area contributed by atoms with Gasteiger partial charge in [0.05, 0.1) is 49.6 Å². The molecule has 0 amide bonds. The lowest BCUT2D eigenvalue weighted by molar-refractivity contribution is 0.0397. The van der Waals surface area contributed by atoms with E-state index in [0.29, 0.717) is 13.2 Å². The summed E-state index contributed by atoms with van der Waals surface area (Å²) in [5.41, 5.74) is 3.73. The average molecular weight is 302 g/mol. The molecule has 22 heavy (non-hydrogen) atoms. The SMILES string of the molecule is Cc1nn(-c2ccc(F)cc2)c(C)c1/C=N/N1CCOCC1. The number of aromatic nitrogens is 2. The van der Waals surface area contributed by atoms with E-state index in [1.54, 1.807) is 12.1 Å². The van der Waals surface area contributed by atoms with Crippen LogP contribution in [0, 0.1) is 19.7 Å². The molecule has 1 aliphatic heterocycles. The first-order valence-electron chi connectivity index (χ1n) is 7.34. The summed E-state index contributed by atoms with van der Waals surface area (Å²) in [6.07, 6.45) is 1.85. The molecule has 6 heteroatoms. The first kappa shape index (κ1) is 14.7. The molecule has 2 heterocycles. The predicted molar refractivity (Wildman–Crippen MR) is 83.0 cm³/mol. The fourth-order valence-corrected chi connectivity index (χ4v) is 2.48. The van der Waals surface area contributed by atoms with E-state index < -0.39 is 0 Å². The predicted octanol–water partition coefficient (Wildman–Crippen LogP) is 2.29. The number of halogens is 1. The van der Waals surface area contributed by atoms with E-state index in [-0.39, 0.29) is 5.82 Å². The van der Waals surface area contributed by atoms with Gasteiger partial charge in [-0.05, 0) is 38.1 Å². The quantitative estimate of drug-likeness (QED) is 0.817. The Morgan fingerprint density at radius 1 is 1.18 bits per heavy atom. The molecule has 1 saturated heterocycles. The van der Waals surface area contributed by atoms with Crippen molar-refractivity contribution in [1.29, 1.82) is 0 Å². The van der Waals surface area contributed by atoms with Crippen molar-refractivity contribution in [2.75, 3.05) is 26.3 Å². The maximum Gasteiger partial charge on any atom is 0.123 e. The minimum Gasteiger partial charge on any atom is -0.378 e. The van der Waals surface area contributed by atoms with E-state index >= 15 is 0 Å². The summed E-state index contributed by atoms with van der Waals surface area (Å²) in [6, 6.07) is 6.32. The molecule has 2 aromatic rings. The number of hydrogen-bond acceptors (Lipinski definition) is 4. The van der Waals surface area contributed by atoms with Gasteiger partial charge >= 0.3 is 0 Å². The van der Waals surface area contributed by atoms with Gasteiger partial charge in [0.15, 0.2) is 0 Å². The van der Waals surface area contributed by atoms with Crippen LogP contribution in [0.15, 0.2) is 29.4 Å². The van der Waals surface area contributed by atoms with Gasteiger partial charge in [-0.25, -0.2) is 9.07 Å². The molecule has 0 N–H and O–H groups in total. The van der Waals surface area contributed by atoms with E-state index in [0.717, 1.165) is 35.7 Å². The van der Waals surface area contributed by atoms with Gasteiger partial charge in [-0.2, -0.15) is 10.2 Å². The van der Waals surface area contributed by atoms with Gasteiger partial charge in [-0.15, -0.1) is 0 Å². The van der Waals surface area contributed by atoms with Crippen molar-refractivity contribution >= 4 is 6.21 Å². The normalized spacial score (nSPS) is 15.7. The zero-order chi connectivity index (χ0) is 15.5. The van der Waals surface area contributed by atoms with E-state index in [2.05, 4.69) is 10.2 Å².